The van der Waals surface area contributed by atoms with Gasteiger partial charge in [-0.2, -0.15) is 11.8 Å². The Morgan fingerprint density at radius 2 is 2.29 bits per heavy atom. The van der Waals surface area contributed by atoms with Crippen LogP contribution in [-0.2, 0) is 4.79 Å². The molecular weight excluding hydrogens is 196 g/mol. The Morgan fingerprint density at radius 3 is 3.07 bits per heavy atom. The third kappa shape index (κ3) is 2.64. The molecule has 4 heteroatoms. The second-order valence-corrected chi connectivity index (χ2v) is 5.22. The van der Waals surface area contributed by atoms with Crippen molar-refractivity contribution in [2.24, 2.45) is 0 Å². The molecular formula is C10H18N2OS. The summed E-state index contributed by atoms with van der Waals surface area (Å²) in [5.74, 6) is 2.62. The van der Waals surface area contributed by atoms with Crippen LogP contribution in [0.15, 0.2) is 0 Å². The van der Waals surface area contributed by atoms with Gasteiger partial charge in [0.05, 0.1) is 6.04 Å². The fourth-order valence-electron chi connectivity index (χ4n) is 2.05. The Bertz CT molecular complexity index is 204. The monoisotopic (exact) mass is 214 g/mol. The molecule has 1 amide bonds. The van der Waals surface area contributed by atoms with Crippen molar-refractivity contribution in [3.63, 3.8) is 0 Å². The minimum absolute atomic E-state index is 0.0706. The zero-order valence-corrected chi connectivity index (χ0v) is 9.24. The fraction of sp³-hybridized carbons (Fsp3) is 0.900. The second kappa shape index (κ2) is 5.03. The van der Waals surface area contributed by atoms with Crippen LogP contribution in [0.2, 0.25) is 0 Å². The number of hydrogen-bond acceptors (Lipinski definition) is 3. The van der Waals surface area contributed by atoms with Crippen molar-refractivity contribution in [2.75, 3.05) is 18.1 Å². The summed E-state index contributed by atoms with van der Waals surface area (Å²) in [5.41, 5.74) is 0. The van der Waals surface area contributed by atoms with E-state index < -0.39 is 0 Å². The van der Waals surface area contributed by atoms with Gasteiger partial charge in [0, 0.05) is 18.3 Å². The van der Waals surface area contributed by atoms with Crippen LogP contribution in [0.3, 0.4) is 0 Å². The summed E-state index contributed by atoms with van der Waals surface area (Å²) in [6.45, 7) is 0.858. The highest BCUT2D eigenvalue weighted by molar-refractivity contribution is 7.99. The smallest absolute Gasteiger partial charge is 0.237 e. The molecule has 2 saturated heterocycles. The Kier molecular flexibility index (Phi) is 3.70. The van der Waals surface area contributed by atoms with Crippen molar-refractivity contribution in [3.8, 4) is 0 Å². The Morgan fingerprint density at radius 1 is 1.36 bits per heavy atom. The van der Waals surface area contributed by atoms with Gasteiger partial charge in [-0.05, 0) is 31.4 Å². The summed E-state index contributed by atoms with van der Waals surface area (Å²) in [5, 5.41) is 6.43. The summed E-state index contributed by atoms with van der Waals surface area (Å²) in [6.07, 6.45) is 4.51. The van der Waals surface area contributed by atoms with Gasteiger partial charge >= 0.3 is 0 Å². The quantitative estimate of drug-likeness (QED) is 0.713. The molecule has 3 nitrogen and oxygen atoms in total. The van der Waals surface area contributed by atoms with E-state index >= 15 is 0 Å². The predicted molar refractivity (Wildman–Crippen MR) is 59.5 cm³/mol. The number of carbonyl (C=O) groups is 1. The molecule has 80 valence electrons. The molecule has 0 radical (unpaired) electrons. The highest BCUT2D eigenvalue weighted by atomic mass is 32.2. The van der Waals surface area contributed by atoms with Crippen molar-refractivity contribution in [2.45, 2.75) is 37.8 Å². The topological polar surface area (TPSA) is 41.1 Å². The summed E-state index contributed by atoms with van der Waals surface area (Å²) in [7, 11) is 0. The van der Waals surface area contributed by atoms with Crippen LogP contribution in [0, 0.1) is 0 Å². The van der Waals surface area contributed by atoms with Gasteiger partial charge in [0.2, 0.25) is 5.91 Å². The van der Waals surface area contributed by atoms with E-state index in [1.807, 2.05) is 11.8 Å². The number of nitrogens with one attached hydrogen (secondary N) is 2. The van der Waals surface area contributed by atoms with Crippen LogP contribution in [-0.4, -0.2) is 36.0 Å². The molecule has 2 aliphatic rings. The van der Waals surface area contributed by atoms with E-state index in [0.29, 0.717) is 6.04 Å². The molecule has 0 aromatic rings. The third-order valence-corrected chi connectivity index (χ3v) is 4.06. The summed E-state index contributed by atoms with van der Waals surface area (Å²) >= 11 is 1.98. The number of rotatable bonds is 2. The first-order chi connectivity index (χ1) is 6.86. The third-order valence-electron chi connectivity index (χ3n) is 2.90. The maximum Gasteiger partial charge on any atom is 0.237 e. The molecule has 2 rings (SSSR count). The lowest BCUT2D eigenvalue weighted by molar-refractivity contribution is -0.123. The van der Waals surface area contributed by atoms with Crippen LogP contribution >= 0.6 is 11.8 Å². The molecule has 2 heterocycles. The lowest BCUT2D eigenvalue weighted by Gasteiger charge is -2.19. The van der Waals surface area contributed by atoms with Gasteiger partial charge in [-0.15, -0.1) is 0 Å². The molecule has 14 heavy (non-hydrogen) atoms. The first-order valence-corrected chi connectivity index (χ1v) is 6.63. The number of carbonyl (C=O) groups excluding carboxylic acids is 1. The van der Waals surface area contributed by atoms with E-state index in [1.54, 1.807) is 0 Å². The zero-order valence-electron chi connectivity index (χ0n) is 8.42. The lowest BCUT2D eigenvalue weighted by atomic mass is 10.1. The maximum absolute atomic E-state index is 11.6. The number of amides is 1. The molecule has 0 aromatic carbocycles. The highest BCUT2D eigenvalue weighted by Crippen LogP contribution is 2.18. The van der Waals surface area contributed by atoms with Crippen LogP contribution in [0.25, 0.3) is 0 Å². The molecule has 0 aliphatic carbocycles. The predicted octanol–water partition coefficient (Wildman–Crippen LogP) is 0.750. The molecule has 2 atom stereocenters. The molecule has 2 N–H and O–H groups in total. The van der Waals surface area contributed by atoms with Gasteiger partial charge in [-0.25, -0.2) is 0 Å². The molecule has 0 saturated carbocycles. The maximum atomic E-state index is 11.6. The van der Waals surface area contributed by atoms with E-state index in [2.05, 4.69) is 10.6 Å². The second-order valence-electron chi connectivity index (χ2n) is 4.07. The van der Waals surface area contributed by atoms with Crippen LogP contribution < -0.4 is 10.6 Å². The van der Waals surface area contributed by atoms with Crippen molar-refractivity contribution in [1.82, 2.24) is 10.6 Å². The standard InChI is InChI=1S/C10H18N2OS/c13-10-9(3-1-2-5-11-10)12-8-4-6-14-7-8/h8-9,12H,1-7H2,(H,11,13)/t8-,9-/m0/s1. The largest absolute Gasteiger partial charge is 0.355 e. The number of hydrogen-bond donors (Lipinski definition) is 2. The molecule has 2 aliphatic heterocycles. The summed E-state index contributed by atoms with van der Waals surface area (Å²) in [4.78, 5) is 11.6. The summed E-state index contributed by atoms with van der Waals surface area (Å²) in [6, 6.07) is 0.634. The Balaban J connectivity index is 1.84. The van der Waals surface area contributed by atoms with Crippen LogP contribution in [0.5, 0.6) is 0 Å². The molecule has 0 unspecified atom stereocenters. The van der Waals surface area contributed by atoms with E-state index in [9.17, 15) is 4.79 Å². The van der Waals surface area contributed by atoms with Crippen LogP contribution in [0.1, 0.15) is 25.7 Å². The van der Waals surface area contributed by atoms with Gasteiger partial charge in [-0.1, -0.05) is 0 Å². The van der Waals surface area contributed by atoms with Crippen LogP contribution in [0.4, 0.5) is 0 Å². The minimum Gasteiger partial charge on any atom is -0.355 e. The average Bonchev–Trinajstić information content (AvgIpc) is 2.60. The number of thioether (sulfide) groups is 1. The van der Waals surface area contributed by atoms with Gasteiger partial charge in [0.25, 0.3) is 0 Å². The van der Waals surface area contributed by atoms with Crippen molar-refractivity contribution in [3.05, 3.63) is 0 Å². The van der Waals surface area contributed by atoms with E-state index in [4.69, 9.17) is 0 Å². The summed E-state index contributed by atoms with van der Waals surface area (Å²) < 4.78 is 0. The molecule has 0 bridgehead atoms. The van der Waals surface area contributed by atoms with Gasteiger partial charge in [0.15, 0.2) is 0 Å². The normalized spacial score (nSPS) is 33.9. The van der Waals surface area contributed by atoms with Crippen molar-refractivity contribution in [1.29, 1.82) is 0 Å². The van der Waals surface area contributed by atoms with Crippen molar-refractivity contribution >= 4 is 17.7 Å². The van der Waals surface area contributed by atoms with E-state index in [0.717, 1.165) is 25.8 Å². The molecule has 0 spiro atoms. The Labute approximate surface area is 89.4 Å². The van der Waals surface area contributed by atoms with Gasteiger partial charge < -0.3 is 10.6 Å². The Hall–Kier alpha value is -0.220. The molecule has 0 aromatic heterocycles. The SMILES string of the molecule is O=C1NCCCC[C@@H]1N[C@H]1CCSC1. The lowest BCUT2D eigenvalue weighted by Crippen LogP contribution is -2.47. The highest BCUT2D eigenvalue weighted by Gasteiger charge is 2.25. The van der Waals surface area contributed by atoms with Gasteiger partial charge in [-0.3, -0.25) is 4.79 Å². The first kappa shape index (κ1) is 10.3. The van der Waals surface area contributed by atoms with Crippen molar-refractivity contribution < 1.29 is 4.79 Å². The minimum atomic E-state index is 0.0706. The first-order valence-electron chi connectivity index (χ1n) is 5.48. The average molecular weight is 214 g/mol. The van der Waals surface area contributed by atoms with Gasteiger partial charge in [0.1, 0.15) is 0 Å². The molecule has 2 fully saturated rings. The van der Waals surface area contributed by atoms with E-state index in [-0.39, 0.29) is 11.9 Å². The zero-order chi connectivity index (χ0) is 9.80. The van der Waals surface area contributed by atoms with E-state index in [1.165, 1.54) is 17.9 Å². The fourth-order valence-corrected chi connectivity index (χ4v) is 3.21.